The molecule has 4 heteroatoms. The minimum absolute atomic E-state index is 0.748. The normalized spacial score (nSPS) is 11.4. The number of aromatic nitrogens is 2. The van der Waals surface area contributed by atoms with E-state index in [4.69, 9.17) is 5.73 Å². The minimum atomic E-state index is 0.748. The molecule has 4 aromatic rings. The SMILES string of the molecule is Nc1ccc2nc(-c3csc4ccccc34)[nH]c2c1. The predicted octanol–water partition coefficient (Wildman–Crippen LogP) is 4.03. The number of nitrogens with zero attached hydrogens (tertiary/aromatic N) is 1. The molecule has 0 unspecified atom stereocenters. The van der Waals surface area contributed by atoms with E-state index in [1.54, 1.807) is 11.3 Å². The highest BCUT2D eigenvalue weighted by atomic mass is 32.1. The number of fused-ring (bicyclic) bond motifs is 2. The van der Waals surface area contributed by atoms with Gasteiger partial charge in [0.1, 0.15) is 5.82 Å². The highest BCUT2D eigenvalue weighted by molar-refractivity contribution is 7.17. The fraction of sp³-hybridized carbons (Fsp3) is 0. The molecule has 2 aromatic carbocycles. The Labute approximate surface area is 113 Å². The summed E-state index contributed by atoms with van der Waals surface area (Å²) in [5.74, 6) is 0.901. The van der Waals surface area contributed by atoms with Crippen molar-refractivity contribution in [2.45, 2.75) is 0 Å². The zero-order valence-electron chi connectivity index (χ0n) is 10.1. The summed E-state index contributed by atoms with van der Waals surface area (Å²) < 4.78 is 1.28. The molecule has 0 fully saturated rings. The molecular weight excluding hydrogens is 254 g/mol. The first kappa shape index (κ1) is 10.6. The number of thiophene rings is 1. The van der Waals surface area contributed by atoms with E-state index in [0.717, 1.165) is 28.1 Å². The molecule has 0 aliphatic rings. The zero-order valence-corrected chi connectivity index (χ0v) is 10.9. The summed E-state index contributed by atoms with van der Waals surface area (Å²) in [6.45, 7) is 0. The van der Waals surface area contributed by atoms with Crippen LogP contribution in [0.15, 0.2) is 47.8 Å². The van der Waals surface area contributed by atoms with E-state index in [0.29, 0.717) is 0 Å². The lowest BCUT2D eigenvalue weighted by Gasteiger charge is -1.93. The summed E-state index contributed by atoms with van der Waals surface area (Å²) in [6, 6.07) is 14.1. The van der Waals surface area contributed by atoms with Crippen molar-refractivity contribution >= 4 is 38.1 Å². The van der Waals surface area contributed by atoms with Crippen LogP contribution in [0.5, 0.6) is 0 Å². The average Bonchev–Trinajstić information content (AvgIpc) is 3.00. The molecule has 0 saturated carbocycles. The van der Waals surface area contributed by atoms with Gasteiger partial charge in [-0.05, 0) is 24.3 Å². The molecule has 0 amide bonds. The number of nitrogens with two attached hydrogens (primary N) is 1. The fourth-order valence-corrected chi connectivity index (χ4v) is 3.26. The summed E-state index contributed by atoms with van der Waals surface area (Å²) in [4.78, 5) is 7.99. The van der Waals surface area contributed by atoms with Gasteiger partial charge in [0, 0.05) is 26.7 Å². The number of H-pyrrole nitrogens is 1. The maximum Gasteiger partial charge on any atom is 0.139 e. The van der Waals surface area contributed by atoms with Crippen LogP contribution in [-0.4, -0.2) is 9.97 Å². The maximum atomic E-state index is 5.80. The van der Waals surface area contributed by atoms with Crippen LogP contribution < -0.4 is 5.73 Å². The Bertz CT molecular complexity index is 889. The van der Waals surface area contributed by atoms with E-state index in [1.165, 1.54) is 10.1 Å². The summed E-state index contributed by atoms with van der Waals surface area (Å²) in [7, 11) is 0. The molecule has 2 heterocycles. The minimum Gasteiger partial charge on any atom is -0.399 e. The summed E-state index contributed by atoms with van der Waals surface area (Å²) in [6.07, 6.45) is 0. The molecule has 0 aliphatic heterocycles. The third kappa shape index (κ3) is 1.61. The third-order valence-electron chi connectivity index (χ3n) is 3.24. The lowest BCUT2D eigenvalue weighted by molar-refractivity contribution is 1.35. The molecule has 92 valence electrons. The Morgan fingerprint density at radius 3 is 2.95 bits per heavy atom. The van der Waals surface area contributed by atoms with Gasteiger partial charge in [-0.3, -0.25) is 0 Å². The number of nitrogens with one attached hydrogen (secondary N) is 1. The highest BCUT2D eigenvalue weighted by Crippen LogP contribution is 2.33. The van der Waals surface area contributed by atoms with Crippen LogP contribution in [0, 0.1) is 0 Å². The van der Waals surface area contributed by atoms with Gasteiger partial charge in [0.05, 0.1) is 11.0 Å². The van der Waals surface area contributed by atoms with E-state index in [2.05, 4.69) is 39.6 Å². The van der Waals surface area contributed by atoms with Crippen molar-refractivity contribution in [1.29, 1.82) is 0 Å². The first-order valence-electron chi connectivity index (χ1n) is 6.03. The second-order valence-corrected chi connectivity index (χ2v) is 5.42. The van der Waals surface area contributed by atoms with Gasteiger partial charge >= 0.3 is 0 Å². The van der Waals surface area contributed by atoms with Crippen molar-refractivity contribution in [1.82, 2.24) is 9.97 Å². The second-order valence-electron chi connectivity index (χ2n) is 4.51. The first-order chi connectivity index (χ1) is 9.31. The lowest BCUT2D eigenvalue weighted by Crippen LogP contribution is -1.82. The molecule has 2 aromatic heterocycles. The summed E-state index contributed by atoms with van der Waals surface area (Å²) in [5, 5.41) is 3.38. The average molecular weight is 265 g/mol. The summed E-state index contributed by atoms with van der Waals surface area (Å²) >= 11 is 1.74. The molecule has 3 nitrogen and oxygen atoms in total. The molecular formula is C15H11N3S. The second kappa shape index (κ2) is 3.83. The number of imidazole rings is 1. The molecule has 0 atom stereocenters. The van der Waals surface area contributed by atoms with E-state index < -0.39 is 0 Å². The largest absolute Gasteiger partial charge is 0.399 e. The van der Waals surface area contributed by atoms with Gasteiger partial charge < -0.3 is 10.7 Å². The number of benzene rings is 2. The van der Waals surface area contributed by atoms with E-state index in [1.807, 2.05) is 18.2 Å². The standard InChI is InChI=1S/C15H11N3S/c16-9-5-6-12-13(7-9)18-15(17-12)11-8-19-14-4-2-1-3-10(11)14/h1-8H,16H2,(H,17,18). The van der Waals surface area contributed by atoms with Gasteiger partial charge in [-0.1, -0.05) is 18.2 Å². The fourth-order valence-electron chi connectivity index (χ4n) is 2.32. The number of hydrogen-bond donors (Lipinski definition) is 2. The van der Waals surface area contributed by atoms with Crippen molar-refractivity contribution in [2.24, 2.45) is 0 Å². The number of rotatable bonds is 1. The van der Waals surface area contributed by atoms with Crippen LogP contribution in [0.2, 0.25) is 0 Å². The Hall–Kier alpha value is -2.33. The maximum absolute atomic E-state index is 5.80. The Morgan fingerprint density at radius 2 is 2.00 bits per heavy atom. The van der Waals surface area contributed by atoms with Crippen LogP contribution in [0.25, 0.3) is 32.5 Å². The van der Waals surface area contributed by atoms with Crippen LogP contribution in [0.4, 0.5) is 5.69 Å². The van der Waals surface area contributed by atoms with E-state index >= 15 is 0 Å². The number of aromatic amines is 1. The van der Waals surface area contributed by atoms with Crippen LogP contribution in [0.3, 0.4) is 0 Å². The molecule has 0 saturated heterocycles. The summed E-state index contributed by atoms with van der Waals surface area (Å²) in [5.41, 5.74) is 9.61. The molecule has 0 spiro atoms. The quantitative estimate of drug-likeness (QED) is 0.510. The van der Waals surface area contributed by atoms with Gasteiger partial charge in [-0.25, -0.2) is 4.98 Å². The monoisotopic (exact) mass is 265 g/mol. The number of anilines is 1. The van der Waals surface area contributed by atoms with Crippen molar-refractivity contribution in [3.63, 3.8) is 0 Å². The smallest absolute Gasteiger partial charge is 0.139 e. The predicted molar refractivity (Wildman–Crippen MR) is 81.3 cm³/mol. The first-order valence-corrected chi connectivity index (χ1v) is 6.91. The molecule has 0 bridgehead atoms. The molecule has 4 rings (SSSR count). The lowest BCUT2D eigenvalue weighted by atomic mass is 10.2. The Kier molecular flexibility index (Phi) is 2.13. The van der Waals surface area contributed by atoms with Gasteiger partial charge in [0.15, 0.2) is 0 Å². The van der Waals surface area contributed by atoms with Gasteiger partial charge in [-0.15, -0.1) is 11.3 Å². The Balaban J connectivity index is 1.99. The van der Waals surface area contributed by atoms with E-state index in [9.17, 15) is 0 Å². The molecule has 0 radical (unpaired) electrons. The van der Waals surface area contributed by atoms with Crippen molar-refractivity contribution in [2.75, 3.05) is 5.73 Å². The van der Waals surface area contributed by atoms with Crippen LogP contribution in [-0.2, 0) is 0 Å². The zero-order chi connectivity index (χ0) is 12.8. The highest BCUT2D eigenvalue weighted by Gasteiger charge is 2.10. The molecule has 19 heavy (non-hydrogen) atoms. The van der Waals surface area contributed by atoms with Crippen LogP contribution in [0.1, 0.15) is 0 Å². The van der Waals surface area contributed by atoms with Crippen molar-refractivity contribution in [3.05, 3.63) is 47.8 Å². The number of nitrogen functional groups attached to an aromatic ring is 1. The van der Waals surface area contributed by atoms with Crippen molar-refractivity contribution in [3.8, 4) is 11.4 Å². The topological polar surface area (TPSA) is 54.7 Å². The van der Waals surface area contributed by atoms with Gasteiger partial charge in [0.25, 0.3) is 0 Å². The van der Waals surface area contributed by atoms with Crippen LogP contribution >= 0.6 is 11.3 Å². The molecule has 3 N–H and O–H groups in total. The van der Waals surface area contributed by atoms with Crippen molar-refractivity contribution < 1.29 is 0 Å². The van der Waals surface area contributed by atoms with Gasteiger partial charge in [0.2, 0.25) is 0 Å². The number of hydrogen-bond acceptors (Lipinski definition) is 3. The van der Waals surface area contributed by atoms with E-state index in [-0.39, 0.29) is 0 Å². The molecule has 0 aliphatic carbocycles. The Morgan fingerprint density at radius 1 is 1.11 bits per heavy atom. The van der Waals surface area contributed by atoms with Gasteiger partial charge in [-0.2, -0.15) is 0 Å². The third-order valence-corrected chi connectivity index (χ3v) is 4.21.